The Bertz CT molecular complexity index is 794. The van der Waals surface area contributed by atoms with Gasteiger partial charge in [0, 0.05) is 0 Å². The summed E-state index contributed by atoms with van der Waals surface area (Å²) in [5, 5.41) is 2.35. The normalized spacial score (nSPS) is 28.5. The maximum Gasteiger partial charge on any atom is 0.337 e. The first kappa shape index (κ1) is 17.6. The summed E-state index contributed by atoms with van der Waals surface area (Å²) in [7, 11) is 1.43. The van der Waals surface area contributed by atoms with Gasteiger partial charge in [-0.1, -0.05) is 44.0 Å². The zero-order chi connectivity index (χ0) is 18.1. The van der Waals surface area contributed by atoms with E-state index in [1.54, 1.807) is 0 Å². The van der Waals surface area contributed by atoms with Crippen LogP contribution in [0.3, 0.4) is 0 Å². The van der Waals surface area contributed by atoms with Gasteiger partial charge in [-0.05, 0) is 84.2 Å². The number of fused-ring (bicyclic) bond motifs is 2. The maximum absolute atomic E-state index is 11.7. The molecule has 2 aromatic carbocycles. The predicted molar refractivity (Wildman–Crippen MR) is 106 cm³/mol. The molecule has 4 rings (SSSR count). The average Bonchev–Trinajstić information content (AvgIpc) is 2.71. The molecule has 0 saturated heterocycles. The third-order valence-corrected chi connectivity index (χ3v) is 7.06. The van der Waals surface area contributed by atoms with E-state index >= 15 is 0 Å². The Labute approximate surface area is 156 Å². The molecule has 2 aliphatic carbocycles. The first-order valence-electron chi connectivity index (χ1n) is 10.3. The highest BCUT2D eigenvalue weighted by atomic mass is 16.5. The van der Waals surface area contributed by atoms with Crippen LogP contribution >= 0.6 is 0 Å². The van der Waals surface area contributed by atoms with Crippen molar-refractivity contribution in [1.29, 1.82) is 0 Å². The minimum Gasteiger partial charge on any atom is -0.465 e. The second-order valence-corrected chi connectivity index (χ2v) is 8.43. The smallest absolute Gasteiger partial charge is 0.337 e. The molecule has 2 nitrogen and oxygen atoms in total. The molecule has 0 aliphatic heterocycles. The van der Waals surface area contributed by atoms with Crippen molar-refractivity contribution in [2.24, 2.45) is 17.8 Å². The van der Waals surface area contributed by atoms with Crippen molar-refractivity contribution in [3.05, 3.63) is 47.5 Å². The highest BCUT2D eigenvalue weighted by Gasteiger charge is 2.35. The number of methoxy groups -OCH3 is 1. The van der Waals surface area contributed by atoms with Gasteiger partial charge in [0.2, 0.25) is 0 Å². The zero-order valence-corrected chi connectivity index (χ0v) is 16.0. The SMILES string of the molecule is CCC1CC[C@@H]2CC(c3ccc4cc(C(=O)OC)ccc4c3)CC[C@H]2C1. The quantitative estimate of drug-likeness (QED) is 0.604. The van der Waals surface area contributed by atoms with Crippen LogP contribution in [0.25, 0.3) is 10.8 Å². The summed E-state index contributed by atoms with van der Waals surface area (Å²) in [6.07, 6.45) is 9.84. The van der Waals surface area contributed by atoms with E-state index in [0.29, 0.717) is 11.5 Å². The lowest BCUT2D eigenvalue weighted by Gasteiger charge is -2.42. The molecule has 2 aliphatic rings. The van der Waals surface area contributed by atoms with E-state index in [1.165, 1.54) is 63.0 Å². The molecule has 0 heterocycles. The van der Waals surface area contributed by atoms with Crippen LogP contribution in [0.2, 0.25) is 0 Å². The van der Waals surface area contributed by atoms with Crippen LogP contribution in [0, 0.1) is 17.8 Å². The van der Waals surface area contributed by atoms with Crippen molar-refractivity contribution in [2.75, 3.05) is 7.11 Å². The predicted octanol–water partition coefficient (Wildman–Crippen LogP) is 6.34. The summed E-state index contributed by atoms with van der Waals surface area (Å²) in [5.41, 5.74) is 2.11. The van der Waals surface area contributed by atoms with E-state index in [2.05, 4.69) is 31.2 Å². The molecular formula is C24H30O2. The number of carbonyl (C=O) groups excluding carboxylic acids is 1. The summed E-state index contributed by atoms with van der Waals surface area (Å²) in [6.45, 7) is 2.36. The van der Waals surface area contributed by atoms with Crippen LogP contribution in [0.1, 0.15) is 73.7 Å². The fourth-order valence-electron chi connectivity index (χ4n) is 5.42. The summed E-state index contributed by atoms with van der Waals surface area (Å²) in [4.78, 5) is 11.7. The molecule has 0 spiro atoms. The molecule has 2 heteroatoms. The van der Waals surface area contributed by atoms with Gasteiger partial charge < -0.3 is 4.74 Å². The van der Waals surface area contributed by atoms with Gasteiger partial charge in [0.25, 0.3) is 0 Å². The molecule has 2 fully saturated rings. The van der Waals surface area contributed by atoms with Gasteiger partial charge in [-0.25, -0.2) is 4.79 Å². The highest BCUT2D eigenvalue weighted by Crippen LogP contribution is 2.48. The van der Waals surface area contributed by atoms with E-state index in [4.69, 9.17) is 4.74 Å². The molecule has 2 unspecified atom stereocenters. The summed E-state index contributed by atoms with van der Waals surface area (Å²) in [5.74, 6) is 3.34. The largest absolute Gasteiger partial charge is 0.465 e. The first-order valence-corrected chi connectivity index (χ1v) is 10.3. The Balaban J connectivity index is 1.51. The average molecular weight is 351 g/mol. The third kappa shape index (κ3) is 3.39. The zero-order valence-electron chi connectivity index (χ0n) is 16.0. The van der Waals surface area contributed by atoms with Crippen LogP contribution in [-0.2, 0) is 4.74 Å². The number of benzene rings is 2. The Hall–Kier alpha value is -1.83. The summed E-state index contributed by atoms with van der Waals surface area (Å²) in [6, 6.07) is 12.7. The van der Waals surface area contributed by atoms with Gasteiger partial charge in [0.1, 0.15) is 0 Å². The Morgan fingerprint density at radius 3 is 2.50 bits per heavy atom. The Kier molecular flexibility index (Phi) is 5.02. The van der Waals surface area contributed by atoms with Gasteiger partial charge >= 0.3 is 5.97 Å². The van der Waals surface area contributed by atoms with Gasteiger partial charge in [0.15, 0.2) is 0 Å². The van der Waals surface area contributed by atoms with Crippen molar-refractivity contribution in [3.63, 3.8) is 0 Å². The van der Waals surface area contributed by atoms with E-state index in [9.17, 15) is 4.79 Å². The minimum absolute atomic E-state index is 0.267. The topological polar surface area (TPSA) is 26.3 Å². The number of rotatable bonds is 3. The molecule has 138 valence electrons. The Morgan fingerprint density at radius 1 is 0.962 bits per heavy atom. The van der Waals surface area contributed by atoms with Crippen LogP contribution < -0.4 is 0 Å². The van der Waals surface area contributed by atoms with Crippen LogP contribution in [-0.4, -0.2) is 13.1 Å². The first-order chi connectivity index (χ1) is 12.7. The molecule has 0 bridgehead atoms. The van der Waals surface area contributed by atoms with Crippen LogP contribution in [0.5, 0.6) is 0 Å². The lowest BCUT2D eigenvalue weighted by molar-refractivity contribution is 0.0601. The van der Waals surface area contributed by atoms with Gasteiger partial charge in [-0.3, -0.25) is 0 Å². The van der Waals surface area contributed by atoms with Crippen molar-refractivity contribution >= 4 is 16.7 Å². The van der Waals surface area contributed by atoms with Crippen molar-refractivity contribution in [3.8, 4) is 0 Å². The third-order valence-electron chi connectivity index (χ3n) is 7.06. The van der Waals surface area contributed by atoms with Gasteiger partial charge in [0.05, 0.1) is 12.7 Å². The monoisotopic (exact) mass is 350 g/mol. The van der Waals surface area contributed by atoms with Gasteiger partial charge in [-0.15, -0.1) is 0 Å². The van der Waals surface area contributed by atoms with E-state index in [0.717, 1.165) is 23.1 Å². The standard InChI is InChI=1S/C24H30O2/c1-3-16-4-5-18-13-19(7-6-17(18)12-16)20-8-9-22-15-23(24(25)26-2)11-10-21(22)14-20/h8-11,14-19H,3-7,12-13H2,1-2H3/t16?,17-,18+,19?/m0/s1. The maximum atomic E-state index is 11.7. The lowest BCUT2D eigenvalue weighted by Crippen LogP contribution is -2.30. The number of hydrogen-bond acceptors (Lipinski definition) is 2. The van der Waals surface area contributed by atoms with Crippen molar-refractivity contribution in [1.82, 2.24) is 0 Å². The lowest BCUT2D eigenvalue weighted by atomic mass is 9.63. The van der Waals surface area contributed by atoms with Crippen molar-refractivity contribution in [2.45, 2.75) is 57.8 Å². The molecular weight excluding hydrogens is 320 g/mol. The fourth-order valence-corrected chi connectivity index (χ4v) is 5.42. The molecule has 2 aromatic rings. The van der Waals surface area contributed by atoms with E-state index < -0.39 is 0 Å². The van der Waals surface area contributed by atoms with Crippen LogP contribution in [0.15, 0.2) is 36.4 Å². The summed E-state index contributed by atoms with van der Waals surface area (Å²) < 4.78 is 4.83. The number of carbonyl (C=O) groups is 1. The molecule has 0 N–H and O–H groups in total. The van der Waals surface area contributed by atoms with Crippen molar-refractivity contribution < 1.29 is 9.53 Å². The molecule has 4 atom stereocenters. The molecule has 2 saturated carbocycles. The minimum atomic E-state index is -0.267. The van der Waals surface area contributed by atoms with Gasteiger partial charge in [-0.2, -0.15) is 0 Å². The van der Waals surface area contributed by atoms with E-state index in [-0.39, 0.29) is 5.97 Å². The highest BCUT2D eigenvalue weighted by molar-refractivity contribution is 5.95. The van der Waals surface area contributed by atoms with Crippen LogP contribution in [0.4, 0.5) is 0 Å². The fraction of sp³-hybridized carbons (Fsp3) is 0.542. The van der Waals surface area contributed by atoms with E-state index in [1.807, 2.05) is 12.1 Å². The number of ether oxygens (including phenoxy) is 1. The molecule has 0 amide bonds. The Morgan fingerprint density at radius 2 is 1.69 bits per heavy atom. The summed E-state index contributed by atoms with van der Waals surface area (Å²) >= 11 is 0. The number of hydrogen-bond donors (Lipinski definition) is 0. The number of esters is 1. The molecule has 0 aromatic heterocycles. The second-order valence-electron chi connectivity index (χ2n) is 8.43. The molecule has 26 heavy (non-hydrogen) atoms. The molecule has 0 radical (unpaired) electrons. The second kappa shape index (κ2) is 7.42.